The van der Waals surface area contributed by atoms with Gasteiger partial charge >= 0.3 is 5.97 Å². The summed E-state index contributed by atoms with van der Waals surface area (Å²) < 4.78 is 5.34. The zero-order valence-electron chi connectivity index (χ0n) is 8.19. The number of esters is 1. The van der Waals surface area contributed by atoms with Gasteiger partial charge in [-0.05, 0) is 11.1 Å². The van der Waals surface area contributed by atoms with E-state index in [1.807, 2.05) is 6.07 Å². The lowest BCUT2D eigenvalue weighted by Crippen LogP contribution is -2.40. The third-order valence-corrected chi connectivity index (χ3v) is 3.98. The number of rotatable bonds is 0. The average Bonchev–Trinajstić information content (AvgIpc) is 2.69. The third kappa shape index (κ3) is 0.685. The van der Waals surface area contributed by atoms with Crippen LogP contribution in [0.4, 0.5) is 0 Å². The second-order valence-electron chi connectivity index (χ2n) is 4.71. The summed E-state index contributed by atoms with van der Waals surface area (Å²) in [6.45, 7) is 0. The SMILES string of the molecule is O=C1CC2(C[C@@]23C=Cc2ccccc23)O1. The van der Waals surface area contributed by atoms with Crippen LogP contribution in [0, 0.1) is 0 Å². The van der Waals surface area contributed by atoms with Gasteiger partial charge in [-0.1, -0.05) is 36.4 Å². The van der Waals surface area contributed by atoms with Gasteiger partial charge in [0.2, 0.25) is 0 Å². The lowest BCUT2D eigenvalue weighted by Gasteiger charge is -2.30. The molecule has 2 heteroatoms. The maximum Gasteiger partial charge on any atom is 0.310 e. The summed E-state index contributed by atoms with van der Waals surface area (Å²) in [6.07, 6.45) is 5.92. The zero-order chi connectivity index (χ0) is 10.1. The van der Waals surface area contributed by atoms with Crippen LogP contribution in [0.25, 0.3) is 6.08 Å². The van der Waals surface area contributed by atoms with Crippen molar-refractivity contribution in [2.75, 3.05) is 0 Å². The monoisotopic (exact) mass is 198 g/mol. The van der Waals surface area contributed by atoms with Crippen molar-refractivity contribution in [1.29, 1.82) is 0 Å². The molecule has 0 amide bonds. The van der Waals surface area contributed by atoms with Crippen LogP contribution in [0.5, 0.6) is 0 Å². The highest BCUT2D eigenvalue weighted by molar-refractivity contribution is 5.84. The van der Waals surface area contributed by atoms with Gasteiger partial charge in [0.25, 0.3) is 0 Å². The van der Waals surface area contributed by atoms with Crippen LogP contribution in [-0.4, -0.2) is 11.6 Å². The Morgan fingerprint density at radius 2 is 2.07 bits per heavy atom. The van der Waals surface area contributed by atoms with E-state index in [9.17, 15) is 4.79 Å². The summed E-state index contributed by atoms with van der Waals surface area (Å²) in [5, 5.41) is 0. The molecule has 4 rings (SSSR count). The van der Waals surface area contributed by atoms with Crippen molar-refractivity contribution >= 4 is 12.0 Å². The van der Waals surface area contributed by atoms with Gasteiger partial charge in [0.05, 0.1) is 11.8 Å². The first-order valence-electron chi connectivity index (χ1n) is 5.26. The van der Waals surface area contributed by atoms with E-state index in [4.69, 9.17) is 4.74 Å². The van der Waals surface area contributed by atoms with Crippen LogP contribution >= 0.6 is 0 Å². The number of carbonyl (C=O) groups excluding carboxylic acids is 1. The highest BCUT2D eigenvalue weighted by Gasteiger charge is 2.76. The van der Waals surface area contributed by atoms with Gasteiger partial charge in [0.15, 0.2) is 0 Å². The van der Waals surface area contributed by atoms with E-state index in [0.29, 0.717) is 6.42 Å². The summed E-state index contributed by atoms with van der Waals surface area (Å²) in [4.78, 5) is 11.0. The van der Waals surface area contributed by atoms with Crippen LogP contribution in [0.3, 0.4) is 0 Å². The van der Waals surface area contributed by atoms with Crippen LogP contribution in [0.15, 0.2) is 30.3 Å². The molecule has 1 saturated heterocycles. The van der Waals surface area contributed by atoms with Gasteiger partial charge < -0.3 is 4.74 Å². The summed E-state index contributed by atoms with van der Waals surface area (Å²) >= 11 is 0. The van der Waals surface area contributed by atoms with Gasteiger partial charge in [0.1, 0.15) is 5.60 Å². The number of ether oxygens (including phenoxy) is 1. The van der Waals surface area contributed by atoms with Crippen LogP contribution in [0.1, 0.15) is 24.0 Å². The fourth-order valence-corrected chi connectivity index (χ4v) is 3.12. The van der Waals surface area contributed by atoms with Crippen molar-refractivity contribution in [1.82, 2.24) is 0 Å². The maximum atomic E-state index is 11.0. The Balaban J connectivity index is 1.84. The van der Waals surface area contributed by atoms with Crippen molar-refractivity contribution in [2.24, 2.45) is 0 Å². The van der Waals surface area contributed by atoms with Crippen molar-refractivity contribution in [3.05, 3.63) is 41.5 Å². The molecule has 0 aromatic heterocycles. The molecule has 0 bridgehead atoms. The summed E-state index contributed by atoms with van der Waals surface area (Å²) in [7, 11) is 0. The van der Waals surface area contributed by atoms with Crippen LogP contribution in [-0.2, 0) is 14.9 Å². The number of fused-ring (bicyclic) bond motifs is 3. The molecule has 1 aromatic rings. The van der Waals surface area contributed by atoms with Crippen LogP contribution in [0.2, 0.25) is 0 Å². The molecule has 2 spiro atoms. The second kappa shape index (κ2) is 2.01. The molecule has 2 fully saturated rings. The lowest BCUT2D eigenvalue weighted by molar-refractivity contribution is -0.175. The summed E-state index contributed by atoms with van der Waals surface area (Å²) in [6, 6.07) is 8.37. The Morgan fingerprint density at radius 3 is 2.87 bits per heavy atom. The number of hydrogen-bond acceptors (Lipinski definition) is 2. The van der Waals surface area contributed by atoms with Crippen molar-refractivity contribution < 1.29 is 9.53 Å². The third-order valence-electron chi connectivity index (χ3n) is 3.98. The minimum Gasteiger partial charge on any atom is -0.457 e. The molecule has 2 nitrogen and oxygen atoms in total. The van der Waals surface area contributed by atoms with E-state index in [0.717, 1.165) is 6.42 Å². The predicted octanol–water partition coefficient (Wildman–Crippen LogP) is 2.04. The number of hydrogen-bond donors (Lipinski definition) is 0. The van der Waals surface area contributed by atoms with Crippen molar-refractivity contribution in [2.45, 2.75) is 23.9 Å². The fraction of sp³-hybridized carbons (Fsp3) is 0.308. The standard InChI is InChI=1S/C13H10O2/c14-11-7-13(15-11)8-12(13)6-5-9-3-1-2-4-10(9)12/h1-6H,7-8H2/t12-,13?/m1/s1. The van der Waals surface area contributed by atoms with E-state index in [-0.39, 0.29) is 17.0 Å². The number of carbonyl (C=O) groups is 1. The summed E-state index contributed by atoms with van der Waals surface area (Å²) in [5.74, 6) is -0.0512. The highest BCUT2D eigenvalue weighted by atomic mass is 16.6. The predicted molar refractivity (Wildman–Crippen MR) is 55.2 cm³/mol. The van der Waals surface area contributed by atoms with Gasteiger partial charge in [0, 0.05) is 6.42 Å². The minimum atomic E-state index is -0.173. The molecule has 1 aromatic carbocycles. The molecule has 1 heterocycles. The molecular formula is C13H10O2. The molecular weight excluding hydrogens is 188 g/mol. The van der Waals surface area contributed by atoms with E-state index in [1.54, 1.807) is 0 Å². The van der Waals surface area contributed by atoms with Crippen LogP contribution < -0.4 is 0 Å². The van der Waals surface area contributed by atoms with E-state index in [1.165, 1.54) is 11.1 Å². The number of benzene rings is 1. The van der Waals surface area contributed by atoms with Gasteiger partial charge in [-0.2, -0.15) is 0 Å². The molecule has 0 N–H and O–H groups in total. The van der Waals surface area contributed by atoms with E-state index < -0.39 is 0 Å². The Morgan fingerprint density at radius 1 is 1.27 bits per heavy atom. The zero-order valence-corrected chi connectivity index (χ0v) is 8.19. The molecule has 15 heavy (non-hydrogen) atoms. The second-order valence-corrected chi connectivity index (χ2v) is 4.71. The van der Waals surface area contributed by atoms with Gasteiger partial charge in [-0.15, -0.1) is 0 Å². The smallest absolute Gasteiger partial charge is 0.310 e. The first kappa shape index (κ1) is 7.69. The van der Waals surface area contributed by atoms with E-state index in [2.05, 4.69) is 30.4 Å². The van der Waals surface area contributed by atoms with Crippen molar-refractivity contribution in [3.63, 3.8) is 0 Å². The summed E-state index contributed by atoms with van der Waals surface area (Å²) in [5.41, 5.74) is 2.46. The quantitative estimate of drug-likeness (QED) is 0.596. The van der Waals surface area contributed by atoms with E-state index >= 15 is 0 Å². The molecule has 0 radical (unpaired) electrons. The molecule has 74 valence electrons. The Kier molecular flexibility index (Phi) is 1.03. The average molecular weight is 198 g/mol. The molecule has 1 unspecified atom stereocenters. The fourth-order valence-electron chi connectivity index (χ4n) is 3.12. The molecule has 1 saturated carbocycles. The lowest BCUT2D eigenvalue weighted by atomic mass is 9.90. The molecule has 2 aliphatic carbocycles. The largest absolute Gasteiger partial charge is 0.457 e. The molecule has 3 aliphatic rings. The minimum absolute atomic E-state index is 0.0253. The normalized spacial score (nSPS) is 39.1. The molecule has 2 atom stereocenters. The van der Waals surface area contributed by atoms with Gasteiger partial charge in [-0.3, -0.25) is 4.79 Å². The van der Waals surface area contributed by atoms with Gasteiger partial charge in [-0.25, -0.2) is 0 Å². The Bertz CT molecular complexity index is 507. The topological polar surface area (TPSA) is 26.3 Å². The first-order chi connectivity index (χ1) is 7.26. The highest BCUT2D eigenvalue weighted by Crippen LogP contribution is 2.69. The first-order valence-corrected chi connectivity index (χ1v) is 5.26. The Labute approximate surface area is 87.6 Å². The molecule has 1 aliphatic heterocycles. The maximum absolute atomic E-state index is 11.0. The Hall–Kier alpha value is -1.57. The van der Waals surface area contributed by atoms with Crippen molar-refractivity contribution in [3.8, 4) is 0 Å².